The Hall–Kier alpha value is -3.97. The van der Waals surface area contributed by atoms with Crippen molar-refractivity contribution < 1.29 is 29.0 Å². The molecule has 4 aliphatic rings. The van der Waals surface area contributed by atoms with Crippen LogP contribution in [0.3, 0.4) is 0 Å². The molecule has 2 amide bonds. The molecule has 1 fully saturated rings. The fraction of sp³-hybridized carbons (Fsp3) is 0.267. The fourth-order valence-corrected chi connectivity index (χ4v) is 6.65. The van der Waals surface area contributed by atoms with E-state index in [0.29, 0.717) is 39.4 Å². The van der Waals surface area contributed by atoms with Crippen LogP contribution in [0.25, 0.3) is 0 Å². The van der Waals surface area contributed by atoms with Crippen LogP contribution < -0.4 is 9.64 Å². The van der Waals surface area contributed by atoms with Gasteiger partial charge in [0, 0.05) is 33.2 Å². The zero-order valence-electron chi connectivity index (χ0n) is 20.7. The molecule has 7 nitrogen and oxygen atoms in total. The number of carbonyl (C=O) groups is 4. The van der Waals surface area contributed by atoms with Crippen molar-refractivity contribution in [3.05, 3.63) is 87.5 Å². The Morgan fingerprint density at radius 1 is 1.00 bits per heavy atom. The number of amides is 2. The lowest BCUT2D eigenvalue weighted by atomic mass is 9.59. The smallest absolute Gasteiger partial charge is 0.238 e. The van der Waals surface area contributed by atoms with Gasteiger partial charge >= 0.3 is 0 Å². The molecular weight excluding hydrogens is 506 g/mol. The summed E-state index contributed by atoms with van der Waals surface area (Å²) in [4.78, 5) is 55.3. The predicted octanol–water partition coefficient (Wildman–Crippen LogP) is 4.69. The highest BCUT2D eigenvalue weighted by Crippen LogP contribution is 2.57. The summed E-state index contributed by atoms with van der Waals surface area (Å²) >= 11 is 6.02. The fourth-order valence-electron chi connectivity index (χ4n) is 6.52. The number of Topliss-reactive ketones (excluding diaryl/α,β-unsaturated/α-hetero) is 1. The summed E-state index contributed by atoms with van der Waals surface area (Å²) in [7, 11) is 1.44. The summed E-state index contributed by atoms with van der Waals surface area (Å²) in [5.41, 5.74) is 2.62. The number of hydrogen-bond acceptors (Lipinski definition) is 6. The molecule has 0 saturated carbocycles. The number of allylic oxidation sites excluding steroid dienone is 6. The number of rotatable bonds is 3. The van der Waals surface area contributed by atoms with E-state index in [-0.39, 0.29) is 41.3 Å². The quantitative estimate of drug-likeness (QED) is 0.352. The second kappa shape index (κ2) is 8.81. The van der Waals surface area contributed by atoms with Crippen molar-refractivity contribution in [3.8, 4) is 11.5 Å². The number of halogens is 1. The highest BCUT2D eigenvalue weighted by Gasteiger charge is 2.56. The zero-order chi connectivity index (χ0) is 26.9. The van der Waals surface area contributed by atoms with Gasteiger partial charge in [-0.15, -0.1) is 0 Å². The van der Waals surface area contributed by atoms with Crippen molar-refractivity contribution in [2.75, 3.05) is 12.0 Å². The first kappa shape index (κ1) is 24.4. The summed E-state index contributed by atoms with van der Waals surface area (Å²) in [5.74, 6) is -3.56. The molecule has 6 rings (SSSR count). The number of benzene rings is 2. The molecule has 0 spiro atoms. The maximum absolute atomic E-state index is 13.9. The summed E-state index contributed by atoms with van der Waals surface area (Å²) in [5, 5.41) is 11.6. The van der Waals surface area contributed by atoms with E-state index in [2.05, 4.69) is 0 Å². The average molecular weight is 530 g/mol. The molecule has 0 bridgehead atoms. The van der Waals surface area contributed by atoms with Crippen LogP contribution >= 0.6 is 11.6 Å². The molecule has 1 heterocycles. The SMILES string of the molecule is COc1cccc(C2C3=CCC4C(=O)N(c5ccc(Cl)cc5)C(=O)C4C3CC3=C2C(=O)C=C(C)C3=O)c1O. The summed E-state index contributed by atoms with van der Waals surface area (Å²) < 4.78 is 5.32. The molecule has 8 heteroatoms. The van der Waals surface area contributed by atoms with E-state index >= 15 is 0 Å². The van der Waals surface area contributed by atoms with Crippen molar-refractivity contribution in [2.24, 2.45) is 17.8 Å². The molecular formula is C30H24ClNO6. The van der Waals surface area contributed by atoms with Crippen LogP contribution in [-0.2, 0) is 19.2 Å². The minimum atomic E-state index is -0.743. The van der Waals surface area contributed by atoms with Gasteiger partial charge in [0.1, 0.15) is 0 Å². The third-order valence-corrected chi connectivity index (χ3v) is 8.46. The van der Waals surface area contributed by atoms with Crippen molar-refractivity contribution in [1.82, 2.24) is 0 Å². The molecule has 0 aromatic heterocycles. The number of imide groups is 1. The highest BCUT2D eigenvalue weighted by atomic mass is 35.5. The maximum atomic E-state index is 13.9. The minimum absolute atomic E-state index is 0.126. The van der Waals surface area contributed by atoms with Crippen LogP contribution in [0.2, 0.25) is 5.02 Å². The van der Waals surface area contributed by atoms with Gasteiger partial charge in [0.25, 0.3) is 0 Å². The number of ketones is 2. The first-order valence-corrected chi connectivity index (χ1v) is 12.8. The Morgan fingerprint density at radius 2 is 1.74 bits per heavy atom. The molecule has 0 radical (unpaired) electrons. The molecule has 3 aliphatic carbocycles. The van der Waals surface area contributed by atoms with Gasteiger partial charge in [-0.05, 0) is 62.1 Å². The minimum Gasteiger partial charge on any atom is -0.504 e. The number of methoxy groups -OCH3 is 1. The molecule has 4 unspecified atom stereocenters. The number of fused-ring (bicyclic) bond motifs is 3. The molecule has 192 valence electrons. The van der Waals surface area contributed by atoms with E-state index in [0.717, 1.165) is 5.57 Å². The number of phenols is 1. The second-order valence-electron chi connectivity index (χ2n) is 10.1. The van der Waals surface area contributed by atoms with Crippen LogP contribution in [0, 0.1) is 17.8 Å². The third-order valence-electron chi connectivity index (χ3n) is 8.21. The van der Waals surface area contributed by atoms with E-state index in [1.165, 1.54) is 18.1 Å². The molecule has 4 atom stereocenters. The van der Waals surface area contributed by atoms with Crippen molar-refractivity contribution >= 4 is 40.7 Å². The lowest BCUT2D eigenvalue weighted by Crippen LogP contribution is -2.39. The number of anilines is 1. The van der Waals surface area contributed by atoms with Crippen LogP contribution in [0.1, 0.15) is 31.2 Å². The van der Waals surface area contributed by atoms with Gasteiger partial charge in [-0.1, -0.05) is 35.4 Å². The lowest BCUT2D eigenvalue weighted by molar-refractivity contribution is -0.123. The van der Waals surface area contributed by atoms with Gasteiger partial charge in [-0.2, -0.15) is 0 Å². The molecule has 2 aromatic carbocycles. The molecule has 2 aromatic rings. The van der Waals surface area contributed by atoms with Crippen LogP contribution in [0.5, 0.6) is 11.5 Å². The van der Waals surface area contributed by atoms with Crippen molar-refractivity contribution in [3.63, 3.8) is 0 Å². The second-order valence-corrected chi connectivity index (χ2v) is 10.6. The molecule has 1 aliphatic heterocycles. The van der Waals surface area contributed by atoms with Gasteiger partial charge in [-0.3, -0.25) is 24.1 Å². The van der Waals surface area contributed by atoms with Gasteiger partial charge in [0.15, 0.2) is 23.1 Å². The summed E-state index contributed by atoms with van der Waals surface area (Å²) in [6.45, 7) is 1.60. The largest absolute Gasteiger partial charge is 0.504 e. The number of ether oxygens (including phenoxy) is 1. The number of phenolic OH excluding ortho intramolecular Hbond substituents is 1. The van der Waals surface area contributed by atoms with E-state index in [9.17, 15) is 24.3 Å². The number of aromatic hydroxyl groups is 1. The Bertz CT molecular complexity index is 1530. The van der Waals surface area contributed by atoms with Crippen molar-refractivity contribution in [1.29, 1.82) is 0 Å². The topological polar surface area (TPSA) is 101 Å². The number of hydrogen-bond donors (Lipinski definition) is 1. The number of carbonyl (C=O) groups excluding carboxylic acids is 4. The molecule has 1 N–H and O–H groups in total. The lowest BCUT2D eigenvalue weighted by Gasteiger charge is -2.42. The van der Waals surface area contributed by atoms with Gasteiger partial charge in [0.2, 0.25) is 11.8 Å². The van der Waals surface area contributed by atoms with Crippen LogP contribution in [0.4, 0.5) is 5.69 Å². The Balaban J connectivity index is 1.51. The molecule has 1 saturated heterocycles. The average Bonchev–Trinajstić information content (AvgIpc) is 3.16. The van der Waals surface area contributed by atoms with Gasteiger partial charge < -0.3 is 9.84 Å². The summed E-state index contributed by atoms with van der Waals surface area (Å²) in [6.07, 6.45) is 3.74. The standard InChI is InChI=1S/C30H24ClNO6/c1-14-12-22(33)26-21(27(14)34)13-20-17(24(26)18-4-3-5-23(38-2)28(18)35)10-11-19-25(20)30(37)32(29(19)36)16-8-6-15(31)7-9-16/h3-10,12,19-20,24-25,35H,11,13H2,1-2H3. The number of para-hydroxylation sites is 1. The zero-order valence-corrected chi connectivity index (χ0v) is 21.5. The van der Waals surface area contributed by atoms with Crippen LogP contribution in [-0.4, -0.2) is 35.6 Å². The number of nitrogens with zero attached hydrogens (tertiary/aromatic N) is 1. The first-order chi connectivity index (χ1) is 18.2. The molecule has 38 heavy (non-hydrogen) atoms. The third kappa shape index (κ3) is 3.42. The Morgan fingerprint density at radius 3 is 2.45 bits per heavy atom. The van der Waals surface area contributed by atoms with E-state index in [1.54, 1.807) is 49.4 Å². The normalized spacial score (nSPS) is 26.6. The Kier molecular flexibility index (Phi) is 5.65. The Labute approximate surface area is 224 Å². The highest BCUT2D eigenvalue weighted by molar-refractivity contribution is 6.31. The van der Waals surface area contributed by atoms with Gasteiger partial charge in [0.05, 0.1) is 24.6 Å². The van der Waals surface area contributed by atoms with E-state index in [1.807, 2.05) is 6.08 Å². The predicted molar refractivity (Wildman–Crippen MR) is 140 cm³/mol. The summed E-state index contributed by atoms with van der Waals surface area (Å²) in [6, 6.07) is 11.6. The van der Waals surface area contributed by atoms with Gasteiger partial charge in [-0.25, -0.2) is 0 Å². The van der Waals surface area contributed by atoms with E-state index < -0.39 is 23.7 Å². The first-order valence-electron chi connectivity index (χ1n) is 12.4. The van der Waals surface area contributed by atoms with Crippen LogP contribution in [0.15, 0.2) is 76.9 Å². The van der Waals surface area contributed by atoms with Crippen molar-refractivity contribution in [2.45, 2.75) is 25.7 Å². The maximum Gasteiger partial charge on any atom is 0.238 e. The van der Waals surface area contributed by atoms with E-state index in [4.69, 9.17) is 16.3 Å². The monoisotopic (exact) mass is 529 g/mol.